The first kappa shape index (κ1) is 18.0. The second kappa shape index (κ2) is 11.6. The molecule has 21 heavy (non-hydrogen) atoms. The quantitative estimate of drug-likeness (QED) is 0.483. The number of benzene rings is 1. The van der Waals surface area contributed by atoms with Crippen molar-refractivity contribution in [3.05, 3.63) is 35.4 Å². The number of aryl methyl sites for hydroxylation is 1. The average Bonchev–Trinajstić information content (AvgIpc) is 2.49. The Morgan fingerprint density at radius 2 is 1.52 bits per heavy atom. The highest BCUT2D eigenvalue weighted by molar-refractivity contribution is 7.80. The van der Waals surface area contributed by atoms with E-state index in [-0.39, 0.29) is 0 Å². The Morgan fingerprint density at radius 1 is 0.905 bits per heavy atom. The SMILES string of the molecule is CCCCCCCCCNC(=S)NCc1ccc(C)cc1. The van der Waals surface area contributed by atoms with Gasteiger partial charge in [-0.1, -0.05) is 75.3 Å². The maximum Gasteiger partial charge on any atom is 0.166 e. The van der Waals surface area contributed by atoms with Crippen LogP contribution < -0.4 is 10.6 Å². The zero-order chi connectivity index (χ0) is 15.3. The molecule has 0 fully saturated rings. The van der Waals surface area contributed by atoms with Crippen molar-refractivity contribution in [2.45, 2.75) is 65.3 Å². The Kier molecular flexibility index (Phi) is 9.88. The summed E-state index contributed by atoms with van der Waals surface area (Å²) < 4.78 is 0. The van der Waals surface area contributed by atoms with Crippen LogP contribution in [0.1, 0.15) is 63.0 Å². The zero-order valence-electron chi connectivity index (χ0n) is 13.6. The molecule has 0 aliphatic carbocycles. The number of nitrogens with one attached hydrogen (secondary N) is 2. The van der Waals surface area contributed by atoms with E-state index in [2.05, 4.69) is 48.7 Å². The summed E-state index contributed by atoms with van der Waals surface area (Å²) in [7, 11) is 0. The van der Waals surface area contributed by atoms with Crippen molar-refractivity contribution >= 4 is 17.3 Å². The molecule has 1 aromatic rings. The van der Waals surface area contributed by atoms with Crippen molar-refractivity contribution in [1.82, 2.24) is 10.6 Å². The highest BCUT2D eigenvalue weighted by Gasteiger charge is 1.97. The lowest BCUT2D eigenvalue weighted by Gasteiger charge is -2.10. The highest BCUT2D eigenvalue weighted by atomic mass is 32.1. The molecule has 0 heterocycles. The van der Waals surface area contributed by atoms with Gasteiger partial charge in [-0.15, -0.1) is 0 Å². The smallest absolute Gasteiger partial charge is 0.166 e. The van der Waals surface area contributed by atoms with Gasteiger partial charge in [-0.3, -0.25) is 0 Å². The van der Waals surface area contributed by atoms with Crippen molar-refractivity contribution in [2.75, 3.05) is 6.54 Å². The van der Waals surface area contributed by atoms with Crippen LogP contribution in [0.15, 0.2) is 24.3 Å². The lowest BCUT2D eigenvalue weighted by Crippen LogP contribution is -2.35. The van der Waals surface area contributed by atoms with Crippen LogP contribution >= 0.6 is 12.2 Å². The maximum absolute atomic E-state index is 5.29. The Hall–Kier alpha value is -1.09. The van der Waals surface area contributed by atoms with Gasteiger partial charge in [0.15, 0.2) is 5.11 Å². The van der Waals surface area contributed by atoms with Crippen LogP contribution in [0.4, 0.5) is 0 Å². The first-order chi connectivity index (χ1) is 10.2. The average molecular weight is 307 g/mol. The third kappa shape index (κ3) is 9.46. The van der Waals surface area contributed by atoms with Gasteiger partial charge in [-0.2, -0.15) is 0 Å². The molecule has 0 saturated carbocycles. The summed E-state index contributed by atoms with van der Waals surface area (Å²) in [6, 6.07) is 8.54. The van der Waals surface area contributed by atoms with E-state index in [4.69, 9.17) is 12.2 Å². The second-order valence-corrected chi connectivity index (χ2v) is 6.12. The molecule has 2 N–H and O–H groups in total. The topological polar surface area (TPSA) is 24.1 Å². The van der Waals surface area contributed by atoms with Crippen LogP contribution in [-0.2, 0) is 6.54 Å². The lowest BCUT2D eigenvalue weighted by atomic mass is 10.1. The minimum atomic E-state index is 0.765. The molecule has 1 aromatic carbocycles. The molecule has 0 unspecified atom stereocenters. The van der Waals surface area contributed by atoms with Crippen LogP contribution in [0.5, 0.6) is 0 Å². The number of hydrogen-bond acceptors (Lipinski definition) is 1. The van der Waals surface area contributed by atoms with Gasteiger partial charge in [-0.25, -0.2) is 0 Å². The standard InChI is InChI=1S/C18H30N2S/c1-3-4-5-6-7-8-9-14-19-18(21)20-15-17-12-10-16(2)11-13-17/h10-13H,3-9,14-15H2,1-2H3,(H2,19,20,21). The van der Waals surface area contributed by atoms with E-state index in [1.165, 1.54) is 56.1 Å². The molecule has 0 aliphatic heterocycles. The number of hydrogen-bond donors (Lipinski definition) is 2. The van der Waals surface area contributed by atoms with E-state index in [0.29, 0.717) is 0 Å². The summed E-state index contributed by atoms with van der Waals surface area (Å²) >= 11 is 5.29. The van der Waals surface area contributed by atoms with E-state index < -0.39 is 0 Å². The van der Waals surface area contributed by atoms with Gasteiger partial charge in [0.1, 0.15) is 0 Å². The monoisotopic (exact) mass is 306 g/mol. The van der Waals surface area contributed by atoms with Crippen LogP contribution in [0, 0.1) is 6.92 Å². The molecule has 0 amide bonds. The molecule has 0 spiro atoms. The van der Waals surface area contributed by atoms with Crippen LogP contribution in [0.2, 0.25) is 0 Å². The molecule has 0 aliphatic rings. The van der Waals surface area contributed by atoms with Crippen molar-refractivity contribution in [2.24, 2.45) is 0 Å². The van der Waals surface area contributed by atoms with E-state index >= 15 is 0 Å². The summed E-state index contributed by atoms with van der Waals surface area (Å²) in [6.45, 7) is 6.14. The van der Waals surface area contributed by atoms with Crippen LogP contribution in [0.25, 0.3) is 0 Å². The molecule has 0 atom stereocenters. The van der Waals surface area contributed by atoms with Crippen molar-refractivity contribution < 1.29 is 0 Å². The van der Waals surface area contributed by atoms with Crippen molar-refractivity contribution in [3.63, 3.8) is 0 Å². The summed E-state index contributed by atoms with van der Waals surface area (Å²) in [4.78, 5) is 0. The summed E-state index contributed by atoms with van der Waals surface area (Å²) in [5.41, 5.74) is 2.55. The van der Waals surface area contributed by atoms with Crippen LogP contribution in [-0.4, -0.2) is 11.7 Å². The summed E-state index contributed by atoms with van der Waals surface area (Å²) in [5, 5.41) is 7.31. The van der Waals surface area contributed by atoms with Crippen LogP contribution in [0.3, 0.4) is 0 Å². The summed E-state index contributed by atoms with van der Waals surface area (Å²) in [6.07, 6.45) is 9.33. The van der Waals surface area contributed by atoms with Gasteiger partial charge in [0.25, 0.3) is 0 Å². The van der Waals surface area contributed by atoms with Gasteiger partial charge in [0, 0.05) is 13.1 Å². The van der Waals surface area contributed by atoms with Gasteiger partial charge in [0.05, 0.1) is 0 Å². The Bertz CT molecular complexity index is 387. The molecule has 3 heteroatoms. The van der Waals surface area contributed by atoms with E-state index in [0.717, 1.165) is 18.2 Å². The van der Waals surface area contributed by atoms with Crippen molar-refractivity contribution in [1.29, 1.82) is 0 Å². The van der Waals surface area contributed by atoms with Crippen molar-refractivity contribution in [3.8, 4) is 0 Å². The molecule has 0 saturated heterocycles. The van der Waals surface area contributed by atoms with E-state index in [1.807, 2.05) is 0 Å². The normalized spacial score (nSPS) is 10.4. The Morgan fingerprint density at radius 3 is 2.19 bits per heavy atom. The van der Waals surface area contributed by atoms with E-state index in [1.54, 1.807) is 0 Å². The molecule has 2 nitrogen and oxygen atoms in total. The number of rotatable bonds is 10. The Labute approximate surface area is 135 Å². The first-order valence-corrected chi connectivity index (χ1v) is 8.70. The van der Waals surface area contributed by atoms with Gasteiger partial charge < -0.3 is 10.6 Å². The molecule has 0 aromatic heterocycles. The molecule has 0 bridgehead atoms. The highest BCUT2D eigenvalue weighted by Crippen LogP contribution is 2.06. The maximum atomic E-state index is 5.29. The Balaban J connectivity index is 1.97. The fourth-order valence-electron chi connectivity index (χ4n) is 2.23. The fourth-order valence-corrected chi connectivity index (χ4v) is 2.41. The predicted octanol–water partition coefficient (Wildman–Crippen LogP) is 4.71. The van der Waals surface area contributed by atoms with E-state index in [9.17, 15) is 0 Å². The largest absolute Gasteiger partial charge is 0.363 e. The molecule has 0 radical (unpaired) electrons. The van der Waals surface area contributed by atoms with Gasteiger partial charge in [0.2, 0.25) is 0 Å². The molecular formula is C18H30N2S. The fraction of sp³-hybridized carbons (Fsp3) is 0.611. The first-order valence-electron chi connectivity index (χ1n) is 8.29. The van der Waals surface area contributed by atoms with Gasteiger partial charge >= 0.3 is 0 Å². The van der Waals surface area contributed by atoms with Gasteiger partial charge in [-0.05, 0) is 31.1 Å². The number of thiocarbonyl (C=S) groups is 1. The third-order valence-electron chi connectivity index (χ3n) is 3.64. The predicted molar refractivity (Wildman–Crippen MR) is 96.6 cm³/mol. The molecule has 1 rings (SSSR count). The molecule has 118 valence electrons. The molecular weight excluding hydrogens is 276 g/mol. The third-order valence-corrected chi connectivity index (χ3v) is 3.93. The minimum Gasteiger partial charge on any atom is -0.363 e. The summed E-state index contributed by atoms with van der Waals surface area (Å²) in [5.74, 6) is 0. The second-order valence-electron chi connectivity index (χ2n) is 5.72. The minimum absolute atomic E-state index is 0.765. The lowest BCUT2D eigenvalue weighted by molar-refractivity contribution is 0.584. The zero-order valence-corrected chi connectivity index (χ0v) is 14.4. The number of unbranched alkanes of at least 4 members (excludes halogenated alkanes) is 6.